The number of likely N-dealkylation sites (N-methyl/N-ethyl adjacent to an activating group) is 1. The first-order chi connectivity index (χ1) is 18.0. The minimum absolute atomic E-state index is 0.0626. The van der Waals surface area contributed by atoms with Crippen molar-refractivity contribution in [3.8, 4) is 0 Å². The summed E-state index contributed by atoms with van der Waals surface area (Å²) in [5, 5.41) is 8.43. The van der Waals surface area contributed by atoms with Gasteiger partial charge < -0.3 is 25.3 Å². The molecule has 2 aliphatic heterocycles. The fraction of sp³-hybridized carbons (Fsp3) is 0.333. The summed E-state index contributed by atoms with van der Waals surface area (Å²) in [6, 6.07) is 13.4. The number of nitrogens with zero attached hydrogens (tertiary/aromatic N) is 5. The highest BCUT2D eigenvalue weighted by atomic mass is 32.1. The van der Waals surface area contributed by atoms with Gasteiger partial charge in [-0.05, 0) is 49.5 Å². The van der Waals surface area contributed by atoms with Crippen LogP contribution in [0, 0.1) is 0 Å². The molecule has 0 saturated carbocycles. The highest BCUT2D eigenvalue weighted by Gasteiger charge is 2.22. The number of aromatic nitrogens is 2. The van der Waals surface area contributed by atoms with E-state index in [1.165, 1.54) is 11.3 Å². The van der Waals surface area contributed by atoms with Crippen LogP contribution in [0.1, 0.15) is 20.0 Å². The number of piperazine rings is 2. The van der Waals surface area contributed by atoms with Crippen molar-refractivity contribution in [2.75, 3.05) is 64.7 Å². The van der Waals surface area contributed by atoms with Crippen LogP contribution < -0.4 is 10.6 Å². The van der Waals surface area contributed by atoms with Gasteiger partial charge in [-0.15, -0.1) is 11.3 Å². The van der Waals surface area contributed by atoms with E-state index in [9.17, 15) is 9.59 Å². The molecule has 2 aromatic heterocycles. The number of rotatable bonds is 4. The van der Waals surface area contributed by atoms with Crippen molar-refractivity contribution >= 4 is 55.8 Å². The van der Waals surface area contributed by atoms with Crippen LogP contribution in [-0.4, -0.2) is 95.9 Å². The topological polar surface area (TPSA) is 93.7 Å². The summed E-state index contributed by atoms with van der Waals surface area (Å²) in [7, 11) is 2.08. The summed E-state index contributed by atoms with van der Waals surface area (Å²) < 4.78 is 1.03. The zero-order chi connectivity index (χ0) is 25.4. The molecule has 0 atom stereocenters. The Morgan fingerprint density at radius 1 is 0.919 bits per heavy atom. The smallest absolute Gasteiger partial charge is 0.264 e. The number of thiophene rings is 1. The minimum Gasteiger partial charge on any atom is -0.336 e. The predicted octanol–water partition coefficient (Wildman–Crippen LogP) is 3.02. The molecular formula is C27H29N7O2S. The van der Waals surface area contributed by atoms with Crippen LogP contribution in [0.25, 0.3) is 21.0 Å². The number of benzene rings is 2. The lowest BCUT2D eigenvalue weighted by molar-refractivity contribution is 0.0663. The molecule has 0 bridgehead atoms. The molecule has 2 aliphatic rings. The number of carbonyl (C=O) groups excluding carboxylic acids is 2. The third kappa shape index (κ3) is 4.87. The fourth-order valence-corrected chi connectivity index (χ4v) is 5.85. The molecule has 2 amide bonds. The van der Waals surface area contributed by atoms with Gasteiger partial charge in [-0.2, -0.15) is 0 Å². The quantitative estimate of drug-likeness (QED) is 0.432. The van der Waals surface area contributed by atoms with Gasteiger partial charge in [0.25, 0.3) is 11.8 Å². The van der Waals surface area contributed by atoms with E-state index in [2.05, 4.69) is 27.6 Å². The maximum atomic E-state index is 13.0. The Bertz CT molecular complexity index is 1460. The summed E-state index contributed by atoms with van der Waals surface area (Å²) in [5.74, 6) is 0.612. The molecule has 6 rings (SSSR count). The number of hydrogen-bond donors (Lipinski definition) is 2. The molecule has 2 fully saturated rings. The first-order valence-electron chi connectivity index (χ1n) is 12.6. The van der Waals surface area contributed by atoms with E-state index in [0.29, 0.717) is 11.5 Å². The van der Waals surface area contributed by atoms with Crippen LogP contribution in [0.2, 0.25) is 0 Å². The predicted molar refractivity (Wildman–Crippen MR) is 147 cm³/mol. The molecule has 2 saturated heterocycles. The summed E-state index contributed by atoms with van der Waals surface area (Å²) in [5.41, 5.74) is 2.30. The number of carbonyl (C=O) groups is 2. The molecule has 0 spiro atoms. The van der Waals surface area contributed by atoms with Gasteiger partial charge in [-0.3, -0.25) is 9.59 Å². The van der Waals surface area contributed by atoms with Crippen LogP contribution in [0.4, 0.5) is 11.6 Å². The molecular weight excluding hydrogens is 486 g/mol. The van der Waals surface area contributed by atoms with E-state index in [4.69, 9.17) is 4.98 Å². The molecule has 4 heterocycles. The number of nitrogens with one attached hydrogen (secondary N) is 2. The molecule has 0 aliphatic carbocycles. The Hall–Kier alpha value is -3.60. The van der Waals surface area contributed by atoms with Crippen LogP contribution in [0.15, 0.2) is 48.7 Å². The van der Waals surface area contributed by atoms with Crippen molar-refractivity contribution in [1.82, 2.24) is 30.0 Å². The van der Waals surface area contributed by atoms with Gasteiger partial charge in [0.05, 0.1) is 10.4 Å². The van der Waals surface area contributed by atoms with Gasteiger partial charge in [0.1, 0.15) is 0 Å². The lowest BCUT2D eigenvalue weighted by atomic mass is 10.1. The Morgan fingerprint density at radius 3 is 2.41 bits per heavy atom. The second-order valence-corrected chi connectivity index (χ2v) is 10.6. The number of fused-ring (bicyclic) bond motifs is 3. The second kappa shape index (κ2) is 10.0. The molecule has 2 aromatic carbocycles. The third-order valence-electron chi connectivity index (χ3n) is 7.04. The number of amides is 2. The number of anilines is 2. The van der Waals surface area contributed by atoms with Crippen LogP contribution in [0.3, 0.4) is 0 Å². The molecule has 0 unspecified atom stereocenters. The summed E-state index contributed by atoms with van der Waals surface area (Å²) >= 11 is 1.51. The first-order valence-corrected chi connectivity index (χ1v) is 13.4. The maximum Gasteiger partial charge on any atom is 0.264 e. The van der Waals surface area contributed by atoms with Crippen molar-refractivity contribution in [2.45, 2.75) is 0 Å². The second-order valence-electron chi connectivity index (χ2n) is 9.56. The molecule has 4 aromatic rings. The van der Waals surface area contributed by atoms with Gasteiger partial charge in [0.15, 0.2) is 0 Å². The van der Waals surface area contributed by atoms with Gasteiger partial charge in [0, 0.05) is 85.3 Å². The van der Waals surface area contributed by atoms with Crippen molar-refractivity contribution in [2.24, 2.45) is 0 Å². The number of hydrogen-bond acceptors (Lipinski definition) is 8. The minimum atomic E-state index is 0.0626. The monoisotopic (exact) mass is 515 g/mol. The third-order valence-corrected chi connectivity index (χ3v) is 8.13. The molecule has 2 N–H and O–H groups in total. The van der Waals surface area contributed by atoms with Gasteiger partial charge in [0.2, 0.25) is 5.95 Å². The van der Waals surface area contributed by atoms with Crippen LogP contribution in [-0.2, 0) is 0 Å². The van der Waals surface area contributed by atoms with Crippen molar-refractivity contribution in [3.05, 3.63) is 59.1 Å². The largest absolute Gasteiger partial charge is 0.336 e. The Morgan fingerprint density at radius 2 is 1.65 bits per heavy atom. The zero-order valence-electron chi connectivity index (χ0n) is 20.7. The SMILES string of the molecule is CN1CCN(C(=O)c2ccc(Nc3ncc4ccc5sc(C(=O)N6CCNCC6)cc5c4n3)cc2)CC1. The van der Waals surface area contributed by atoms with E-state index < -0.39 is 0 Å². The van der Waals surface area contributed by atoms with E-state index in [0.717, 1.165) is 83.9 Å². The Labute approximate surface area is 219 Å². The van der Waals surface area contributed by atoms with Crippen molar-refractivity contribution < 1.29 is 9.59 Å². The molecule has 0 radical (unpaired) electrons. The average molecular weight is 516 g/mol. The van der Waals surface area contributed by atoms with Crippen molar-refractivity contribution in [3.63, 3.8) is 0 Å². The standard InChI is InChI=1S/C27H29N7O2S/c1-32-12-14-34(15-13-32)25(35)18-2-5-20(6-3-18)30-27-29-17-19-4-7-22-21(24(19)31-27)16-23(37-22)26(36)33-10-8-28-9-11-33/h2-7,16-17,28H,8-15H2,1H3,(H,29,30,31). The van der Waals surface area contributed by atoms with E-state index in [1.807, 2.05) is 52.3 Å². The van der Waals surface area contributed by atoms with Crippen LogP contribution >= 0.6 is 11.3 Å². The van der Waals surface area contributed by atoms with Gasteiger partial charge >= 0.3 is 0 Å². The zero-order valence-corrected chi connectivity index (χ0v) is 21.6. The van der Waals surface area contributed by atoms with Crippen LogP contribution in [0.5, 0.6) is 0 Å². The molecule has 9 nitrogen and oxygen atoms in total. The van der Waals surface area contributed by atoms with Gasteiger partial charge in [-0.25, -0.2) is 9.97 Å². The average Bonchev–Trinajstić information content (AvgIpc) is 3.39. The van der Waals surface area contributed by atoms with Crippen molar-refractivity contribution in [1.29, 1.82) is 0 Å². The molecule has 37 heavy (non-hydrogen) atoms. The lowest BCUT2D eigenvalue weighted by Crippen LogP contribution is -2.47. The maximum absolute atomic E-state index is 13.0. The Balaban J connectivity index is 1.22. The summed E-state index contributed by atoms with van der Waals surface area (Å²) in [6.45, 7) is 6.40. The fourth-order valence-electron chi connectivity index (χ4n) is 4.82. The Kier molecular flexibility index (Phi) is 6.45. The van der Waals surface area contributed by atoms with E-state index in [-0.39, 0.29) is 11.8 Å². The molecule has 190 valence electrons. The summed E-state index contributed by atoms with van der Waals surface area (Å²) in [6.07, 6.45) is 1.80. The first kappa shape index (κ1) is 23.8. The van der Waals surface area contributed by atoms with Gasteiger partial charge in [-0.1, -0.05) is 0 Å². The van der Waals surface area contributed by atoms with E-state index >= 15 is 0 Å². The lowest BCUT2D eigenvalue weighted by Gasteiger charge is -2.32. The molecule has 10 heteroatoms. The summed E-state index contributed by atoms with van der Waals surface area (Å²) in [4.78, 5) is 41.9. The van der Waals surface area contributed by atoms with E-state index in [1.54, 1.807) is 6.20 Å². The highest BCUT2D eigenvalue weighted by molar-refractivity contribution is 7.21. The normalized spacial score (nSPS) is 16.9. The highest BCUT2D eigenvalue weighted by Crippen LogP contribution is 2.32.